The second-order valence-electron chi connectivity index (χ2n) is 4.47. The van der Waals surface area contributed by atoms with E-state index in [0.717, 1.165) is 27.7 Å². The summed E-state index contributed by atoms with van der Waals surface area (Å²) >= 11 is 0. The number of hydrogen-bond acceptors (Lipinski definition) is 2. The number of hydrogen-bond donors (Lipinski definition) is 2. The molecule has 0 atom stereocenters. The fraction of sp³-hybridized carbons (Fsp3) is 0. The van der Waals surface area contributed by atoms with Crippen molar-refractivity contribution in [1.82, 2.24) is 9.97 Å². The lowest BCUT2D eigenvalue weighted by atomic mass is 10.1. The number of primary amides is 1. The number of nitrogens with two attached hydrogens (primary N) is 1. The number of aromatic nitrogens is 2. The molecule has 1 aromatic carbocycles. The fourth-order valence-corrected chi connectivity index (χ4v) is 2.12. The Morgan fingerprint density at radius 3 is 2.75 bits per heavy atom. The predicted octanol–water partition coefficient (Wildman–Crippen LogP) is 2.73. The number of aromatic amines is 1. The van der Waals surface area contributed by atoms with E-state index in [4.69, 9.17) is 5.73 Å². The molecule has 0 saturated heterocycles. The summed E-state index contributed by atoms with van der Waals surface area (Å²) in [6.45, 7) is 0. The van der Waals surface area contributed by atoms with Crippen LogP contribution in [0.1, 0.15) is 5.56 Å². The van der Waals surface area contributed by atoms with Crippen LogP contribution in [0.5, 0.6) is 0 Å². The van der Waals surface area contributed by atoms with Crippen LogP contribution in [0.25, 0.3) is 28.2 Å². The molecule has 0 bridgehead atoms. The summed E-state index contributed by atoms with van der Waals surface area (Å²) in [4.78, 5) is 18.3. The summed E-state index contributed by atoms with van der Waals surface area (Å²) in [5, 5.41) is 0.962. The van der Waals surface area contributed by atoms with Crippen molar-refractivity contribution in [3.05, 3.63) is 60.4 Å². The Bertz CT molecular complexity index is 788. The molecule has 1 amide bonds. The Labute approximate surface area is 116 Å². The molecule has 20 heavy (non-hydrogen) atoms. The number of amides is 1. The minimum atomic E-state index is -0.466. The molecule has 0 aliphatic heterocycles. The van der Waals surface area contributed by atoms with Crippen molar-refractivity contribution in [1.29, 1.82) is 0 Å². The molecule has 0 aliphatic rings. The molecule has 4 nitrogen and oxygen atoms in total. The van der Waals surface area contributed by atoms with E-state index < -0.39 is 5.91 Å². The first-order chi connectivity index (χ1) is 9.74. The molecule has 0 aliphatic carbocycles. The topological polar surface area (TPSA) is 71.8 Å². The van der Waals surface area contributed by atoms with Crippen molar-refractivity contribution >= 4 is 23.0 Å². The molecule has 0 saturated carbocycles. The summed E-state index contributed by atoms with van der Waals surface area (Å²) < 4.78 is 0. The third-order valence-corrected chi connectivity index (χ3v) is 3.10. The van der Waals surface area contributed by atoms with E-state index >= 15 is 0 Å². The first-order valence-electron chi connectivity index (χ1n) is 6.24. The van der Waals surface area contributed by atoms with Gasteiger partial charge in [-0.25, -0.2) is 4.98 Å². The van der Waals surface area contributed by atoms with Crippen molar-refractivity contribution in [2.75, 3.05) is 0 Å². The summed E-state index contributed by atoms with van der Waals surface area (Å²) in [5.41, 5.74) is 8.94. The number of fused-ring (bicyclic) bond motifs is 1. The zero-order valence-electron chi connectivity index (χ0n) is 10.7. The van der Waals surface area contributed by atoms with E-state index in [1.165, 1.54) is 6.08 Å². The van der Waals surface area contributed by atoms with Gasteiger partial charge in [-0.3, -0.25) is 4.79 Å². The van der Waals surface area contributed by atoms with E-state index in [-0.39, 0.29) is 0 Å². The number of nitrogens with zero attached hydrogens (tertiary/aromatic N) is 1. The van der Waals surface area contributed by atoms with Crippen LogP contribution in [0.15, 0.2) is 54.9 Å². The molecule has 0 spiro atoms. The van der Waals surface area contributed by atoms with E-state index in [2.05, 4.69) is 16.0 Å². The highest BCUT2D eigenvalue weighted by atomic mass is 16.1. The van der Waals surface area contributed by atoms with Gasteiger partial charge in [-0.05, 0) is 17.7 Å². The largest absolute Gasteiger partial charge is 0.366 e. The molecule has 0 radical (unpaired) electrons. The molecule has 3 N–H and O–H groups in total. The monoisotopic (exact) mass is 263 g/mol. The van der Waals surface area contributed by atoms with E-state index in [1.54, 1.807) is 6.08 Å². The van der Waals surface area contributed by atoms with Gasteiger partial charge >= 0.3 is 0 Å². The molecule has 4 heteroatoms. The standard InChI is InChI=1S/C16H13N3O/c17-15(20)7-6-12-9-18-16-14(12)8-13(10-19-16)11-4-2-1-3-5-11/h1-10H,(H2,17,20)(H,18,19)/b7-6+. The molecular formula is C16H13N3O. The zero-order chi connectivity index (χ0) is 13.9. The Balaban J connectivity index is 2.10. The molecule has 3 rings (SSSR count). The van der Waals surface area contributed by atoms with Crippen LogP contribution in [-0.4, -0.2) is 15.9 Å². The van der Waals surface area contributed by atoms with Gasteiger partial charge < -0.3 is 10.7 Å². The second-order valence-corrected chi connectivity index (χ2v) is 4.47. The maximum atomic E-state index is 10.8. The number of carbonyl (C=O) groups excluding carboxylic acids is 1. The SMILES string of the molecule is NC(=O)/C=C/c1c[nH]c2ncc(-c3ccccc3)cc12. The molecular weight excluding hydrogens is 250 g/mol. The van der Waals surface area contributed by atoms with Gasteiger partial charge in [0.2, 0.25) is 5.91 Å². The van der Waals surface area contributed by atoms with Gasteiger partial charge in [0.1, 0.15) is 5.65 Å². The average Bonchev–Trinajstić information content (AvgIpc) is 2.88. The molecule has 3 aromatic rings. The molecule has 2 heterocycles. The summed E-state index contributed by atoms with van der Waals surface area (Å²) in [6.07, 6.45) is 6.68. The number of pyridine rings is 1. The number of carbonyl (C=O) groups is 1. The van der Waals surface area contributed by atoms with Crippen LogP contribution in [-0.2, 0) is 4.79 Å². The van der Waals surface area contributed by atoms with Crippen LogP contribution in [0.2, 0.25) is 0 Å². The Hall–Kier alpha value is -2.88. The number of H-pyrrole nitrogens is 1. The van der Waals surface area contributed by atoms with Crippen LogP contribution in [0, 0.1) is 0 Å². The lowest BCUT2D eigenvalue weighted by Gasteiger charge is -2.01. The lowest BCUT2D eigenvalue weighted by Crippen LogP contribution is -2.04. The van der Waals surface area contributed by atoms with E-state index in [1.807, 2.05) is 42.7 Å². The van der Waals surface area contributed by atoms with Crippen molar-refractivity contribution in [2.45, 2.75) is 0 Å². The molecule has 98 valence electrons. The highest BCUT2D eigenvalue weighted by Gasteiger charge is 2.05. The zero-order valence-corrected chi connectivity index (χ0v) is 10.7. The Morgan fingerprint density at radius 2 is 2.00 bits per heavy atom. The third kappa shape index (κ3) is 2.31. The average molecular weight is 263 g/mol. The quantitative estimate of drug-likeness (QED) is 0.713. The van der Waals surface area contributed by atoms with Gasteiger partial charge in [0.05, 0.1) is 0 Å². The van der Waals surface area contributed by atoms with Crippen LogP contribution >= 0.6 is 0 Å². The lowest BCUT2D eigenvalue weighted by molar-refractivity contribution is -0.113. The van der Waals surface area contributed by atoms with Gasteiger partial charge in [-0.15, -0.1) is 0 Å². The minimum Gasteiger partial charge on any atom is -0.366 e. The predicted molar refractivity (Wildman–Crippen MR) is 79.8 cm³/mol. The maximum Gasteiger partial charge on any atom is 0.241 e. The summed E-state index contributed by atoms with van der Waals surface area (Å²) in [5.74, 6) is -0.466. The first-order valence-corrected chi connectivity index (χ1v) is 6.24. The van der Waals surface area contributed by atoms with Crippen molar-refractivity contribution in [3.63, 3.8) is 0 Å². The maximum absolute atomic E-state index is 10.8. The van der Waals surface area contributed by atoms with Crippen LogP contribution < -0.4 is 5.73 Å². The molecule has 2 aromatic heterocycles. The van der Waals surface area contributed by atoms with Gasteiger partial charge in [-0.2, -0.15) is 0 Å². The first kappa shape index (κ1) is 12.2. The summed E-state index contributed by atoms with van der Waals surface area (Å²) in [7, 11) is 0. The van der Waals surface area contributed by atoms with Crippen LogP contribution in [0.3, 0.4) is 0 Å². The number of nitrogens with one attached hydrogen (secondary N) is 1. The fourth-order valence-electron chi connectivity index (χ4n) is 2.12. The highest BCUT2D eigenvalue weighted by molar-refractivity contribution is 5.95. The van der Waals surface area contributed by atoms with Crippen molar-refractivity contribution < 1.29 is 4.79 Å². The van der Waals surface area contributed by atoms with Crippen molar-refractivity contribution in [2.24, 2.45) is 5.73 Å². The molecule has 0 fully saturated rings. The second kappa shape index (κ2) is 5.01. The normalized spacial score (nSPS) is 11.2. The van der Waals surface area contributed by atoms with Crippen molar-refractivity contribution in [3.8, 4) is 11.1 Å². The summed E-state index contributed by atoms with van der Waals surface area (Å²) in [6, 6.07) is 12.1. The Kier molecular flexibility index (Phi) is 3.05. The van der Waals surface area contributed by atoms with Crippen LogP contribution in [0.4, 0.5) is 0 Å². The Morgan fingerprint density at radius 1 is 1.20 bits per heavy atom. The minimum absolute atomic E-state index is 0.466. The van der Waals surface area contributed by atoms with Gasteiger partial charge in [0.15, 0.2) is 0 Å². The smallest absolute Gasteiger partial charge is 0.241 e. The number of benzene rings is 1. The third-order valence-electron chi connectivity index (χ3n) is 3.10. The highest BCUT2D eigenvalue weighted by Crippen LogP contribution is 2.25. The molecule has 0 unspecified atom stereocenters. The van der Waals surface area contributed by atoms with Gasteiger partial charge in [0.25, 0.3) is 0 Å². The van der Waals surface area contributed by atoms with E-state index in [0.29, 0.717) is 0 Å². The van der Waals surface area contributed by atoms with Gasteiger partial charge in [0, 0.05) is 35.0 Å². The van der Waals surface area contributed by atoms with Gasteiger partial charge in [-0.1, -0.05) is 30.3 Å². The number of rotatable bonds is 3. The van der Waals surface area contributed by atoms with E-state index in [9.17, 15) is 4.79 Å².